The molecule has 100 valence electrons. The number of carbonyl (C=O) groups is 1. The van der Waals surface area contributed by atoms with Crippen LogP contribution in [0, 0.1) is 0 Å². The number of allylic oxidation sites excluding steroid dienone is 1. The smallest absolute Gasteiger partial charge is 0.337 e. The van der Waals surface area contributed by atoms with E-state index >= 15 is 0 Å². The number of hydrogen-bond donors (Lipinski definition) is 0. The summed E-state index contributed by atoms with van der Waals surface area (Å²) in [5.74, 6) is -0.294. The van der Waals surface area contributed by atoms with Gasteiger partial charge < -0.3 is 4.74 Å². The normalized spacial score (nSPS) is 21.4. The maximum Gasteiger partial charge on any atom is 0.337 e. The lowest BCUT2D eigenvalue weighted by Gasteiger charge is -2.00. The first-order valence-corrected chi connectivity index (χ1v) is 6.61. The number of rotatable bonds is 2. The van der Waals surface area contributed by atoms with Gasteiger partial charge >= 0.3 is 5.97 Å². The third-order valence-electron chi connectivity index (χ3n) is 2.25. The van der Waals surface area contributed by atoms with E-state index in [0.717, 1.165) is 10.0 Å². The SMILES string of the molecule is O=C(C=Cc1ccc(Br)cc1)OC1=N/C=C\C=N/C=C\1. The molecule has 0 amide bonds. The highest BCUT2D eigenvalue weighted by Crippen LogP contribution is 2.11. The highest BCUT2D eigenvalue weighted by Gasteiger charge is 2.02. The van der Waals surface area contributed by atoms with Crippen molar-refractivity contribution in [1.29, 1.82) is 0 Å². The van der Waals surface area contributed by atoms with Gasteiger partial charge in [0.15, 0.2) is 0 Å². The summed E-state index contributed by atoms with van der Waals surface area (Å²) in [6.45, 7) is 0. The molecule has 0 fully saturated rings. The van der Waals surface area contributed by atoms with Crippen molar-refractivity contribution >= 4 is 40.1 Å². The molecule has 4 nitrogen and oxygen atoms in total. The van der Waals surface area contributed by atoms with E-state index in [4.69, 9.17) is 4.74 Å². The first-order valence-electron chi connectivity index (χ1n) is 5.82. The molecule has 0 aliphatic carbocycles. The first kappa shape index (κ1) is 14.1. The minimum atomic E-state index is -0.491. The quantitative estimate of drug-likeness (QED) is 0.615. The number of benzene rings is 1. The Balaban J connectivity index is 1.97. The number of esters is 1. The molecule has 0 atom stereocenters. The molecule has 1 aliphatic heterocycles. The number of nitrogens with zero attached hydrogens (tertiary/aromatic N) is 2. The van der Waals surface area contributed by atoms with Gasteiger partial charge in [0, 0.05) is 35.2 Å². The van der Waals surface area contributed by atoms with Crippen LogP contribution >= 0.6 is 15.9 Å². The standard InChI is InChI=1S/C15H11BrN2O2/c16-13-5-2-12(3-6-13)4-7-15(19)20-14-8-11-17-9-1-10-18-14/h1-11H/b7-4?,9-1?,10-1-,11-8-,14-8?,17-9-,17-11?,18-10?,18-14+. The van der Waals surface area contributed by atoms with E-state index in [1.807, 2.05) is 24.3 Å². The summed E-state index contributed by atoms with van der Waals surface area (Å²) < 4.78 is 6.06. The lowest BCUT2D eigenvalue weighted by Crippen LogP contribution is -2.07. The van der Waals surface area contributed by atoms with Gasteiger partial charge in [-0.05, 0) is 29.8 Å². The van der Waals surface area contributed by atoms with Gasteiger partial charge in [-0.15, -0.1) is 0 Å². The second-order valence-corrected chi connectivity index (χ2v) is 4.64. The Bertz CT molecular complexity index is 626. The van der Waals surface area contributed by atoms with Crippen molar-refractivity contribution in [3.8, 4) is 0 Å². The molecule has 0 saturated heterocycles. The number of carbonyl (C=O) groups excluding carboxylic acids is 1. The molecule has 0 radical (unpaired) electrons. The maximum atomic E-state index is 11.7. The van der Waals surface area contributed by atoms with E-state index in [9.17, 15) is 4.79 Å². The van der Waals surface area contributed by atoms with E-state index < -0.39 is 5.97 Å². The van der Waals surface area contributed by atoms with Crippen molar-refractivity contribution in [3.05, 3.63) is 64.9 Å². The molecule has 0 N–H and O–H groups in total. The highest BCUT2D eigenvalue weighted by molar-refractivity contribution is 9.10. The van der Waals surface area contributed by atoms with Crippen molar-refractivity contribution in [1.82, 2.24) is 0 Å². The number of halogens is 1. The first-order chi connectivity index (χ1) is 9.74. The molecular formula is C15H11BrN2O2. The van der Waals surface area contributed by atoms with Crippen LogP contribution in [-0.2, 0) is 9.53 Å². The van der Waals surface area contributed by atoms with E-state index in [1.165, 1.54) is 24.6 Å². The Kier molecular flexibility index (Phi) is 5.20. The van der Waals surface area contributed by atoms with Crippen LogP contribution in [0.25, 0.3) is 6.08 Å². The minimum absolute atomic E-state index is 0.198. The zero-order chi connectivity index (χ0) is 14.2. The van der Waals surface area contributed by atoms with Gasteiger partial charge in [-0.3, -0.25) is 4.99 Å². The monoisotopic (exact) mass is 330 g/mol. The zero-order valence-electron chi connectivity index (χ0n) is 10.4. The Labute approximate surface area is 125 Å². The molecule has 5 heteroatoms. The lowest BCUT2D eigenvalue weighted by atomic mass is 10.2. The van der Waals surface area contributed by atoms with Gasteiger partial charge in [-0.2, -0.15) is 0 Å². The molecule has 1 aliphatic rings. The predicted octanol–water partition coefficient (Wildman–Crippen LogP) is 3.52. The van der Waals surface area contributed by atoms with E-state index in [1.54, 1.807) is 18.4 Å². The van der Waals surface area contributed by atoms with Gasteiger partial charge in [0.2, 0.25) is 5.90 Å². The Morgan fingerprint density at radius 3 is 2.80 bits per heavy atom. The van der Waals surface area contributed by atoms with Crippen LogP contribution in [0.5, 0.6) is 0 Å². The third kappa shape index (κ3) is 4.78. The molecule has 2 rings (SSSR count). The molecule has 0 unspecified atom stereocenters. The van der Waals surface area contributed by atoms with Crippen molar-refractivity contribution < 1.29 is 9.53 Å². The van der Waals surface area contributed by atoms with Crippen molar-refractivity contribution in [2.45, 2.75) is 0 Å². The van der Waals surface area contributed by atoms with Gasteiger partial charge in [-0.25, -0.2) is 9.79 Å². The van der Waals surface area contributed by atoms with Gasteiger partial charge in [0.25, 0.3) is 0 Å². The van der Waals surface area contributed by atoms with Crippen LogP contribution in [0.3, 0.4) is 0 Å². The average molecular weight is 331 g/mol. The summed E-state index contributed by atoms with van der Waals surface area (Å²) in [5, 5.41) is 0. The summed E-state index contributed by atoms with van der Waals surface area (Å²) >= 11 is 3.35. The van der Waals surface area contributed by atoms with Gasteiger partial charge in [-0.1, -0.05) is 28.1 Å². The third-order valence-corrected chi connectivity index (χ3v) is 2.78. The van der Waals surface area contributed by atoms with Crippen LogP contribution < -0.4 is 0 Å². The average Bonchev–Trinajstić information content (AvgIpc) is 2.41. The van der Waals surface area contributed by atoms with Crippen molar-refractivity contribution in [2.24, 2.45) is 9.98 Å². The lowest BCUT2D eigenvalue weighted by molar-refractivity contribution is -0.129. The zero-order valence-corrected chi connectivity index (χ0v) is 12.0. The molecule has 0 aromatic heterocycles. The maximum absolute atomic E-state index is 11.7. The Morgan fingerprint density at radius 2 is 2.00 bits per heavy atom. The molecule has 20 heavy (non-hydrogen) atoms. The van der Waals surface area contributed by atoms with E-state index in [-0.39, 0.29) is 5.90 Å². The number of ether oxygens (including phenoxy) is 1. The molecule has 1 aromatic rings. The summed E-state index contributed by atoms with van der Waals surface area (Å²) in [5.41, 5.74) is 0.907. The second-order valence-electron chi connectivity index (χ2n) is 3.73. The molecule has 0 bridgehead atoms. The fraction of sp³-hybridized carbons (Fsp3) is 0. The van der Waals surface area contributed by atoms with Crippen LogP contribution in [0.1, 0.15) is 5.56 Å². The molecular weight excluding hydrogens is 320 g/mol. The summed E-state index contributed by atoms with van der Waals surface area (Å²) in [7, 11) is 0. The minimum Gasteiger partial charge on any atom is -0.404 e. The number of hydrogen-bond acceptors (Lipinski definition) is 4. The highest BCUT2D eigenvalue weighted by atomic mass is 79.9. The summed E-state index contributed by atoms with van der Waals surface area (Å²) in [6.07, 6.45) is 10.8. The fourth-order valence-corrected chi connectivity index (χ4v) is 1.60. The molecule has 0 spiro atoms. The Hall–Kier alpha value is -2.27. The van der Waals surface area contributed by atoms with Crippen molar-refractivity contribution in [2.75, 3.05) is 0 Å². The van der Waals surface area contributed by atoms with Gasteiger partial charge in [0.05, 0.1) is 0 Å². The van der Waals surface area contributed by atoms with Crippen molar-refractivity contribution in [3.63, 3.8) is 0 Å². The number of aliphatic imine (C=N–C) groups is 2. The van der Waals surface area contributed by atoms with Crippen LogP contribution in [-0.4, -0.2) is 18.1 Å². The summed E-state index contributed by atoms with van der Waals surface area (Å²) in [4.78, 5) is 19.5. The fourth-order valence-electron chi connectivity index (χ4n) is 1.34. The topological polar surface area (TPSA) is 51.0 Å². The second kappa shape index (κ2) is 7.35. The molecule has 1 aromatic carbocycles. The largest absolute Gasteiger partial charge is 0.404 e. The van der Waals surface area contributed by atoms with Gasteiger partial charge in [0.1, 0.15) is 0 Å². The van der Waals surface area contributed by atoms with Crippen LogP contribution in [0.15, 0.2) is 69.4 Å². The predicted molar refractivity (Wildman–Crippen MR) is 83.5 cm³/mol. The van der Waals surface area contributed by atoms with Crippen LogP contribution in [0.4, 0.5) is 0 Å². The molecule has 0 saturated carbocycles. The Morgan fingerprint density at radius 1 is 1.20 bits per heavy atom. The van der Waals surface area contributed by atoms with E-state index in [2.05, 4.69) is 25.9 Å². The van der Waals surface area contributed by atoms with E-state index in [0.29, 0.717) is 0 Å². The molecule has 1 heterocycles. The van der Waals surface area contributed by atoms with Crippen LogP contribution in [0.2, 0.25) is 0 Å². The summed E-state index contributed by atoms with van der Waals surface area (Å²) in [6, 6.07) is 7.57.